The minimum atomic E-state index is 0.154. The molecule has 1 aromatic heterocycles. The number of benzene rings is 2. The van der Waals surface area contributed by atoms with Crippen LogP contribution in [-0.2, 0) is 0 Å². The Morgan fingerprint density at radius 1 is 1.00 bits per heavy atom. The third kappa shape index (κ3) is 4.58. The summed E-state index contributed by atoms with van der Waals surface area (Å²) in [5.41, 5.74) is 2.39. The predicted molar refractivity (Wildman–Crippen MR) is 120 cm³/mol. The molecule has 1 N–H and O–H groups in total. The normalized spacial score (nSPS) is 14.6. The number of methoxy groups -OCH3 is 1. The number of piperidine rings is 1. The zero-order chi connectivity index (χ0) is 20.9. The molecule has 1 aliphatic rings. The van der Waals surface area contributed by atoms with Gasteiger partial charge in [-0.05, 0) is 61.8 Å². The number of ether oxygens (including phenoxy) is 2. The fraction of sp³-hybridized carbons (Fsp3) is 0.333. The van der Waals surface area contributed by atoms with Crippen LogP contribution in [0.1, 0.15) is 19.3 Å². The molecular weight excluding hydrogens is 400 g/mol. The van der Waals surface area contributed by atoms with E-state index in [2.05, 4.69) is 4.90 Å². The zero-order valence-electron chi connectivity index (χ0n) is 17.2. The van der Waals surface area contributed by atoms with Crippen LogP contribution in [0, 0.1) is 0 Å². The third-order valence-corrected chi connectivity index (χ3v) is 5.77. The molecule has 1 saturated heterocycles. The lowest BCUT2D eigenvalue weighted by atomic mass is 10.1. The topological polar surface area (TPSA) is 46.9 Å². The second-order valence-electron chi connectivity index (χ2n) is 7.52. The molecule has 0 bridgehead atoms. The van der Waals surface area contributed by atoms with E-state index >= 15 is 0 Å². The first kappa shape index (κ1) is 20.6. The number of hydrogen-bond acceptors (Lipinski definition) is 4. The molecule has 1 fully saturated rings. The number of aromatic hydroxyl groups is 1. The Labute approximate surface area is 182 Å². The summed E-state index contributed by atoms with van der Waals surface area (Å²) in [4.78, 5) is 2.44. The van der Waals surface area contributed by atoms with Crippen molar-refractivity contribution in [3.8, 4) is 34.2 Å². The van der Waals surface area contributed by atoms with Crippen molar-refractivity contribution in [1.29, 1.82) is 0 Å². The number of hydrogen-bond donors (Lipinski definition) is 1. The molecule has 0 radical (unpaired) electrons. The van der Waals surface area contributed by atoms with E-state index in [4.69, 9.17) is 21.1 Å². The van der Waals surface area contributed by atoms with Crippen molar-refractivity contribution in [1.82, 2.24) is 9.47 Å². The van der Waals surface area contributed by atoms with Gasteiger partial charge in [0.2, 0.25) is 5.88 Å². The maximum Gasteiger partial charge on any atom is 0.203 e. The van der Waals surface area contributed by atoms with Crippen LogP contribution in [0.4, 0.5) is 0 Å². The summed E-state index contributed by atoms with van der Waals surface area (Å²) in [5, 5.41) is 11.5. The standard InChI is InChI=1S/C24H27ClN2O3/c1-29-22-9-8-20(17-23(22)30-15-14-26-11-3-2-4-12-26)27-13-10-21(24(27)28)18-6-5-7-19(25)16-18/h5-10,13,16-17,28H,2-4,11-12,14-15H2,1H3. The third-order valence-electron chi connectivity index (χ3n) is 5.53. The van der Waals surface area contributed by atoms with E-state index < -0.39 is 0 Å². The van der Waals surface area contributed by atoms with Crippen molar-refractivity contribution in [3.05, 3.63) is 59.8 Å². The smallest absolute Gasteiger partial charge is 0.203 e. The number of rotatable bonds is 7. The van der Waals surface area contributed by atoms with E-state index in [1.54, 1.807) is 11.7 Å². The van der Waals surface area contributed by atoms with E-state index in [-0.39, 0.29) is 5.88 Å². The van der Waals surface area contributed by atoms with Crippen LogP contribution in [0.3, 0.4) is 0 Å². The maximum atomic E-state index is 10.8. The lowest BCUT2D eigenvalue weighted by Crippen LogP contribution is -2.33. The van der Waals surface area contributed by atoms with Crippen molar-refractivity contribution in [2.24, 2.45) is 0 Å². The zero-order valence-corrected chi connectivity index (χ0v) is 17.9. The molecule has 0 atom stereocenters. The van der Waals surface area contributed by atoms with Gasteiger partial charge < -0.3 is 14.6 Å². The molecule has 4 rings (SSSR count). The second kappa shape index (κ2) is 9.45. The average molecular weight is 427 g/mol. The Kier molecular flexibility index (Phi) is 6.50. The molecule has 0 amide bonds. The number of nitrogens with zero attached hydrogens (tertiary/aromatic N) is 2. The van der Waals surface area contributed by atoms with Crippen LogP contribution in [0.25, 0.3) is 16.8 Å². The van der Waals surface area contributed by atoms with Gasteiger partial charge in [-0.25, -0.2) is 0 Å². The van der Waals surface area contributed by atoms with Gasteiger partial charge in [-0.15, -0.1) is 0 Å². The van der Waals surface area contributed by atoms with Gasteiger partial charge in [0.05, 0.1) is 12.8 Å². The lowest BCUT2D eigenvalue weighted by Gasteiger charge is -2.26. The highest BCUT2D eigenvalue weighted by atomic mass is 35.5. The van der Waals surface area contributed by atoms with Crippen LogP contribution < -0.4 is 9.47 Å². The number of likely N-dealkylation sites (tertiary alicyclic amines) is 1. The fourth-order valence-corrected chi connectivity index (χ4v) is 4.10. The number of halogens is 1. The van der Waals surface area contributed by atoms with Crippen molar-refractivity contribution in [2.75, 3.05) is 33.4 Å². The number of aromatic nitrogens is 1. The van der Waals surface area contributed by atoms with Gasteiger partial charge in [-0.2, -0.15) is 0 Å². The van der Waals surface area contributed by atoms with E-state index in [1.165, 1.54) is 19.3 Å². The first-order valence-corrected chi connectivity index (χ1v) is 10.7. The van der Waals surface area contributed by atoms with Gasteiger partial charge in [0.25, 0.3) is 0 Å². The fourth-order valence-electron chi connectivity index (χ4n) is 3.91. The Bertz CT molecular complexity index is 996. The van der Waals surface area contributed by atoms with Crippen molar-refractivity contribution < 1.29 is 14.6 Å². The highest BCUT2D eigenvalue weighted by Crippen LogP contribution is 2.36. The van der Waals surface area contributed by atoms with E-state index in [1.807, 2.05) is 54.7 Å². The predicted octanol–water partition coefficient (Wildman–Crippen LogP) is 5.38. The molecule has 2 heterocycles. The highest BCUT2D eigenvalue weighted by Gasteiger charge is 2.15. The Hall–Kier alpha value is -2.63. The summed E-state index contributed by atoms with van der Waals surface area (Å²) >= 11 is 6.11. The summed E-state index contributed by atoms with van der Waals surface area (Å²) in [5.74, 6) is 1.50. The van der Waals surface area contributed by atoms with Crippen molar-refractivity contribution >= 4 is 11.6 Å². The van der Waals surface area contributed by atoms with Crippen molar-refractivity contribution in [3.63, 3.8) is 0 Å². The van der Waals surface area contributed by atoms with E-state index in [0.29, 0.717) is 23.1 Å². The summed E-state index contributed by atoms with van der Waals surface area (Å²) < 4.78 is 13.3. The maximum absolute atomic E-state index is 10.8. The van der Waals surface area contributed by atoms with E-state index in [0.717, 1.165) is 36.4 Å². The Balaban J connectivity index is 1.54. The summed E-state index contributed by atoms with van der Waals surface area (Å²) in [6.45, 7) is 3.79. The monoisotopic (exact) mass is 426 g/mol. The largest absolute Gasteiger partial charge is 0.494 e. The van der Waals surface area contributed by atoms with Crippen LogP contribution in [0.5, 0.6) is 17.4 Å². The summed E-state index contributed by atoms with van der Waals surface area (Å²) in [6, 6.07) is 15.0. The molecule has 158 valence electrons. The second-order valence-corrected chi connectivity index (χ2v) is 7.96. The summed E-state index contributed by atoms with van der Waals surface area (Å²) in [7, 11) is 1.64. The molecule has 0 spiro atoms. The average Bonchev–Trinajstić information content (AvgIpc) is 3.16. The lowest BCUT2D eigenvalue weighted by molar-refractivity contribution is 0.180. The minimum Gasteiger partial charge on any atom is -0.494 e. The molecule has 1 aliphatic heterocycles. The van der Waals surface area contributed by atoms with Gasteiger partial charge >= 0.3 is 0 Å². The van der Waals surface area contributed by atoms with Gasteiger partial charge in [0, 0.05) is 29.4 Å². The molecule has 0 unspecified atom stereocenters. The first-order valence-electron chi connectivity index (χ1n) is 10.4. The van der Waals surface area contributed by atoms with E-state index in [9.17, 15) is 5.11 Å². The van der Waals surface area contributed by atoms with Crippen molar-refractivity contribution in [2.45, 2.75) is 19.3 Å². The van der Waals surface area contributed by atoms with Gasteiger partial charge in [0.15, 0.2) is 11.5 Å². The molecule has 5 nitrogen and oxygen atoms in total. The Morgan fingerprint density at radius 3 is 2.60 bits per heavy atom. The van der Waals surface area contributed by atoms with Crippen LogP contribution in [-0.4, -0.2) is 47.9 Å². The van der Waals surface area contributed by atoms with Crippen LogP contribution >= 0.6 is 11.6 Å². The molecule has 2 aromatic carbocycles. The Morgan fingerprint density at radius 2 is 1.83 bits per heavy atom. The molecular formula is C24H27ClN2O3. The van der Waals surface area contributed by atoms with Crippen LogP contribution in [0.2, 0.25) is 5.02 Å². The van der Waals surface area contributed by atoms with Gasteiger partial charge in [-0.3, -0.25) is 9.47 Å². The molecule has 0 aliphatic carbocycles. The molecule has 3 aromatic rings. The highest BCUT2D eigenvalue weighted by molar-refractivity contribution is 6.30. The van der Waals surface area contributed by atoms with Gasteiger partial charge in [-0.1, -0.05) is 30.2 Å². The molecule has 30 heavy (non-hydrogen) atoms. The quantitative estimate of drug-likeness (QED) is 0.551. The SMILES string of the molecule is COc1ccc(-n2ccc(-c3cccc(Cl)c3)c2O)cc1OCCN1CCCCC1. The summed E-state index contributed by atoms with van der Waals surface area (Å²) in [6.07, 6.45) is 5.69. The van der Waals surface area contributed by atoms with Gasteiger partial charge in [0.1, 0.15) is 6.61 Å². The van der Waals surface area contributed by atoms with Crippen LogP contribution in [0.15, 0.2) is 54.7 Å². The molecule has 0 saturated carbocycles. The first-order chi connectivity index (χ1) is 14.7. The minimum absolute atomic E-state index is 0.154. The molecule has 6 heteroatoms.